The highest BCUT2D eigenvalue weighted by Gasteiger charge is 1.93. The summed E-state index contributed by atoms with van der Waals surface area (Å²) in [5, 5.41) is 3.32. The van der Waals surface area contributed by atoms with Crippen molar-refractivity contribution in [1.82, 2.24) is 0 Å². The lowest BCUT2D eigenvalue weighted by atomic mass is 10.1. The molecule has 1 aromatic rings. The highest BCUT2D eigenvalue weighted by Crippen LogP contribution is 2.09. The molecule has 1 N–H and O–H groups in total. The Bertz CT molecular complexity index is 314. The molecule has 0 bridgehead atoms. The van der Waals surface area contributed by atoms with Crippen LogP contribution in [0.2, 0.25) is 0 Å². The molecule has 19 heavy (non-hydrogen) atoms. The Hall–Kier alpha value is -1.10. The Morgan fingerprint density at radius 1 is 0.895 bits per heavy atom. The van der Waals surface area contributed by atoms with E-state index in [4.69, 9.17) is 14.2 Å². The molecule has 1 rings (SSSR count). The Labute approximate surface area is 116 Å². The maximum atomic E-state index is 5.45. The lowest BCUT2D eigenvalue weighted by Crippen LogP contribution is -2.13. The molecular weight excluding hydrogens is 242 g/mol. The minimum atomic E-state index is 0.620. The molecule has 4 heteroatoms. The molecule has 108 valence electrons. The number of methoxy groups -OCH3 is 1. The van der Waals surface area contributed by atoms with Gasteiger partial charge in [0.1, 0.15) is 0 Å². The normalized spacial score (nSPS) is 10.6. The molecule has 0 aliphatic rings. The van der Waals surface area contributed by atoms with Gasteiger partial charge in [-0.15, -0.1) is 0 Å². The van der Waals surface area contributed by atoms with Crippen LogP contribution in [-0.2, 0) is 20.6 Å². The van der Waals surface area contributed by atoms with E-state index in [-0.39, 0.29) is 0 Å². The van der Waals surface area contributed by atoms with Crippen LogP contribution < -0.4 is 5.32 Å². The molecule has 0 fully saturated rings. The molecule has 0 aliphatic carbocycles. The van der Waals surface area contributed by atoms with E-state index >= 15 is 0 Å². The third-order valence-electron chi connectivity index (χ3n) is 2.74. The predicted molar refractivity (Wildman–Crippen MR) is 77.8 cm³/mol. The fourth-order valence-corrected chi connectivity index (χ4v) is 1.59. The van der Waals surface area contributed by atoms with Gasteiger partial charge in [0, 0.05) is 19.3 Å². The topological polar surface area (TPSA) is 39.7 Å². The van der Waals surface area contributed by atoms with Crippen LogP contribution in [0.15, 0.2) is 24.3 Å². The van der Waals surface area contributed by atoms with Crippen molar-refractivity contribution in [2.75, 3.05) is 52.0 Å². The molecular formula is C15H25NO3. The fourth-order valence-electron chi connectivity index (χ4n) is 1.59. The van der Waals surface area contributed by atoms with Gasteiger partial charge in [-0.05, 0) is 24.1 Å². The van der Waals surface area contributed by atoms with Crippen molar-refractivity contribution >= 4 is 5.69 Å². The first kappa shape index (κ1) is 16.0. The van der Waals surface area contributed by atoms with Crippen molar-refractivity contribution in [3.05, 3.63) is 29.8 Å². The summed E-state index contributed by atoms with van der Waals surface area (Å²) in [6, 6.07) is 8.50. The quantitative estimate of drug-likeness (QED) is 0.625. The van der Waals surface area contributed by atoms with Crippen LogP contribution in [0, 0.1) is 0 Å². The van der Waals surface area contributed by atoms with Crippen LogP contribution >= 0.6 is 0 Å². The summed E-state index contributed by atoms with van der Waals surface area (Å²) in [4.78, 5) is 0. The SMILES string of the molecule is CCc1ccc(NCCOCCOCCOC)cc1. The van der Waals surface area contributed by atoms with Crippen molar-refractivity contribution in [1.29, 1.82) is 0 Å². The number of benzene rings is 1. The number of hydrogen-bond acceptors (Lipinski definition) is 4. The first-order valence-corrected chi connectivity index (χ1v) is 6.84. The summed E-state index contributed by atoms with van der Waals surface area (Å²) in [6.45, 7) is 6.16. The molecule has 0 atom stereocenters. The zero-order valence-electron chi connectivity index (χ0n) is 12.0. The number of rotatable bonds is 11. The second-order valence-electron chi connectivity index (χ2n) is 4.19. The van der Waals surface area contributed by atoms with Crippen LogP contribution in [0.5, 0.6) is 0 Å². The van der Waals surface area contributed by atoms with E-state index in [0.717, 1.165) is 18.7 Å². The molecule has 0 radical (unpaired) electrons. The minimum absolute atomic E-state index is 0.620. The Balaban J connectivity index is 1.95. The van der Waals surface area contributed by atoms with E-state index in [2.05, 4.69) is 36.5 Å². The second-order valence-corrected chi connectivity index (χ2v) is 4.19. The van der Waals surface area contributed by atoms with Crippen LogP contribution in [0.25, 0.3) is 0 Å². The van der Waals surface area contributed by atoms with E-state index in [0.29, 0.717) is 33.0 Å². The van der Waals surface area contributed by atoms with Gasteiger partial charge < -0.3 is 19.5 Å². The monoisotopic (exact) mass is 267 g/mol. The van der Waals surface area contributed by atoms with Gasteiger partial charge in [-0.2, -0.15) is 0 Å². The van der Waals surface area contributed by atoms with Crippen LogP contribution in [0.3, 0.4) is 0 Å². The van der Waals surface area contributed by atoms with Gasteiger partial charge in [-0.3, -0.25) is 0 Å². The summed E-state index contributed by atoms with van der Waals surface area (Å²) >= 11 is 0. The van der Waals surface area contributed by atoms with Crippen molar-refractivity contribution in [3.63, 3.8) is 0 Å². The van der Waals surface area contributed by atoms with Gasteiger partial charge >= 0.3 is 0 Å². The van der Waals surface area contributed by atoms with Crippen LogP contribution in [0.1, 0.15) is 12.5 Å². The van der Waals surface area contributed by atoms with Gasteiger partial charge in [0.25, 0.3) is 0 Å². The van der Waals surface area contributed by atoms with Crippen LogP contribution in [0.4, 0.5) is 5.69 Å². The Kier molecular flexibility index (Phi) is 9.06. The summed E-state index contributed by atoms with van der Waals surface area (Å²) in [6.07, 6.45) is 1.08. The van der Waals surface area contributed by atoms with E-state index in [1.165, 1.54) is 5.56 Å². The Morgan fingerprint density at radius 3 is 2.16 bits per heavy atom. The van der Waals surface area contributed by atoms with Crippen LogP contribution in [-0.4, -0.2) is 46.7 Å². The van der Waals surface area contributed by atoms with E-state index in [9.17, 15) is 0 Å². The number of nitrogens with one attached hydrogen (secondary N) is 1. The van der Waals surface area contributed by atoms with Crippen molar-refractivity contribution < 1.29 is 14.2 Å². The Morgan fingerprint density at radius 2 is 1.53 bits per heavy atom. The molecule has 1 aromatic carbocycles. The molecule has 0 saturated carbocycles. The maximum Gasteiger partial charge on any atom is 0.0701 e. The third kappa shape index (κ3) is 7.82. The number of hydrogen-bond donors (Lipinski definition) is 1. The molecule has 0 aromatic heterocycles. The minimum Gasteiger partial charge on any atom is -0.383 e. The fraction of sp³-hybridized carbons (Fsp3) is 0.600. The van der Waals surface area contributed by atoms with Crippen molar-refractivity contribution in [2.24, 2.45) is 0 Å². The molecule has 0 saturated heterocycles. The number of anilines is 1. The van der Waals surface area contributed by atoms with Gasteiger partial charge in [0.05, 0.1) is 33.0 Å². The average Bonchev–Trinajstić information content (AvgIpc) is 2.46. The van der Waals surface area contributed by atoms with Crippen molar-refractivity contribution in [2.45, 2.75) is 13.3 Å². The van der Waals surface area contributed by atoms with E-state index in [1.54, 1.807) is 7.11 Å². The molecule has 0 unspecified atom stereocenters. The van der Waals surface area contributed by atoms with Gasteiger partial charge in [0.15, 0.2) is 0 Å². The second kappa shape index (κ2) is 10.8. The van der Waals surface area contributed by atoms with Gasteiger partial charge in [-0.25, -0.2) is 0 Å². The van der Waals surface area contributed by atoms with Gasteiger partial charge in [-0.1, -0.05) is 19.1 Å². The van der Waals surface area contributed by atoms with Crippen molar-refractivity contribution in [3.8, 4) is 0 Å². The largest absolute Gasteiger partial charge is 0.383 e. The molecule has 4 nitrogen and oxygen atoms in total. The number of aryl methyl sites for hydroxylation is 1. The maximum absolute atomic E-state index is 5.45. The lowest BCUT2D eigenvalue weighted by molar-refractivity contribution is 0.0272. The first-order chi connectivity index (χ1) is 9.36. The summed E-state index contributed by atoms with van der Waals surface area (Å²) in [5.41, 5.74) is 2.49. The zero-order valence-corrected chi connectivity index (χ0v) is 12.0. The third-order valence-corrected chi connectivity index (χ3v) is 2.74. The standard InChI is InChI=1S/C15H25NO3/c1-3-14-4-6-15(7-5-14)16-8-9-18-12-13-19-11-10-17-2/h4-7,16H,3,8-13H2,1-2H3. The molecule has 0 aliphatic heterocycles. The lowest BCUT2D eigenvalue weighted by Gasteiger charge is -2.08. The summed E-state index contributed by atoms with van der Waals surface area (Å²) < 4.78 is 15.6. The molecule has 0 amide bonds. The van der Waals surface area contributed by atoms with Gasteiger partial charge in [0.2, 0.25) is 0 Å². The summed E-state index contributed by atoms with van der Waals surface area (Å²) in [7, 11) is 1.67. The zero-order chi connectivity index (χ0) is 13.8. The molecule has 0 heterocycles. The molecule has 0 spiro atoms. The number of ether oxygens (including phenoxy) is 3. The summed E-state index contributed by atoms with van der Waals surface area (Å²) in [5.74, 6) is 0. The van der Waals surface area contributed by atoms with E-state index in [1.807, 2.05) is 0 Å². The highest BCUT2D eigenvalue weighted by molar-refractivity contribution is 5.44. The smallest absolute Gasteiger partial charge is 0.0701 e. The first-order valence-electron chi connectivity index (χ1n) is 6.84. The highest BCUT2D eigenvalue weighted by atomic mass is 16.5. The van der Waals surface area contributed by atoms with E-state index < -0.39 is 0 Å². The predicted octanol–water partition coefficient (Wildman–Crippen LogP) is 2.34. The average molecular weight is 267 g/mol.